The van der Waals surface area contributed by atoms with Crippen molar-refractivity contribution in [2.75, 3.05) is 0 Å². The van der Waals surface area contributed by atoms with E-state index in [1.165, 1.54) is 13.0 Å². The molecular weight excluding hydrogens is 195 g/mol. The molecule has 0 spiro atoms. The molecule has 1 atom stereocenters. The Kier molecular flexibility index (Phi) is 3.45. The molecule has 0 amide bonds. The number of carbonyl (C=O) groups excluding carboxylic acids is 1. The van der Waals surface area contributed by atoms with E-state index in [2.05, 4.69) is 0 Å². The molecule has 1 unspecified atom stereocenters. The standard InChI is InChI=1S/C12H15FO2/c1-7-5-6-11(13)8(2)12(7)9(3)15-10(4)14/h5-6,9H,1-4H3. The number of aryl methyl sites for hydroxylation is 1. The van der Waals surface area contributed by atoms with E-state index in [1.54, 1.807) is 19.9 Å². The van der Waals surface area contributed by atoms with Crippen LogP contribution in [0.3, 0.4) is 0 Å². The van der Waals surface area contributed by atoms with E-state index in [-0.39, 0.29) is 11.8 Å². The van der Waals surface area contributed by atoms with Crippen molar-refractivity contribution >= 4 is 5.97 Å². The molecule has 0 aliphatic rings. The summed E-state index contributed by atoms with van der Waals surface area (Å²) in [5.41, 5.74) is 2.23. The number of carbonyl (C=O) groups is 1. The lowest BCUT2D eigenvalue weighted by molar-refractivity contribution is -0.145. The van der Waals surface area contributed by atoms with Gasteiger partial charge in [-0.1, -0.05) is 6.07 Å². The number of rotatable bonds is 2. The van der Waals surface area contributed by atoms with Crippen LogP contribution in [0.2, 0.25) is 0 Å². The molecule has 15 heavy (non-hydrogen) atoms. The Balaban J connectivity index is 3.12. The van der Waals surface area contributed by atoms with Gasteiger partial charge < -0.3 is 4.74 Å². The van der Waals surface area contributed by atoms with Gasteiger partial charge in [-0.25, -0.2) is 4.39 Å². The molecule has 1 aromatic carbocycles. The predicted octanol–water partition coefficient (Wildman–Crippen LogP) is 3.07. The van der Waals surface area contributed by atoms with Gasteiger partial charge in [0.15, 0.2) is 0 Å². The Morgan fingerprint density at radius 3 is 2.53 bits per heavy atom. The van der Waals surface area contributed by atoms with Gasteiger partial charge in [0, 0.05) is 12.5 Å². The number of hydrogen-bond donors (Lipinski definition) is 0. The summed E-state index contributed by atoms with van der Waals surface area (Å²) in [5, 5.41) is 0. The van der Waals surface area contributed by atoms with Crippen LogP contribution in [-0.2, 0) is 9.53 Å². The van der Waals surface area contributed by atoms with Gasteiger partial charge in [0.25, 0.3) is 0 Å². The Morgan fingerprint density at radius 1 is 1.40 bits per heavy atom. The maximum Gasteiger partial charge on any atom is 0.303 e. The van der Waals surface area contributed by atoms with Crippen LogP contribution in [0.25, 0.3) is 0 Å². The van der Waals surface area contributed by atoms with Crippen molar-refractivity contribution in [3.05, 3.63) is 34.6 Å². The number of halogens is 1. The summed E-state index contributed by atoms with van der Waals surface area (Å²) in [6.45, 7) is 6.66. The smallest absolute Gasteiger partial charge is 0.303 e. The summed E-state index contributed by atoms with van der Waals surface area (Å²) in [6.07, 6.45) is -0.404. The van der Waals surface area contributed by atoms with E-state index < -0.39 is 6.10 Å². The largest absolute Gasteiger partial charge is 0.458 e. The summed E-state index contributed by atoms with van der Waals surface area (Å²) in [4.78, 5) is 10.8. The van der Waals surface area contributed by atoms with Crippen molar-refractivity contribution in [2.24, 2.45) is 0 Å². The van der Waals surface area contributed by atoms with Gasteiger partial charge in [-0.05, 0) is 38.0 Å². The predicted molar refractivity (Wildman–Crippen MR) is 56.1 cm³/mol. The highest BCUT2D eigenvalue weighted by atomic mass is 19.1. The van der Waals surface area contributed by atoms with Crippen LogP contribution >= 0.6 is 0 Å². The van der Waals surface area contributed by atoms with Crippen molar-refractivity contribution < 1.29 is 13.9 Å². The maximum absolute atomic E-state index is 13.3. The van der Waals surface area contributed by atoms with Crippen molar-refractivity contribution in [1.29, 1.82) is 0 Å². The normalized spacial score (nSPS) is 12.3. The topological polar surface area (TPSA) is 26.3 Å². The highest BCUT2D eigenvalue weighted by Gasteiger charge is 2.16. The zero-order chi connectivity index (χ0) is 11.6. The minimum absolute atomic E-state index is 0.269. The first-order valence-corrected chi connectivity index (χ1v) is 4.86. The SMILES string of the molecule is CC(=O)OC(C)c1c(C)ccc(F)c1C. The summed E-state index contributed by atoms with van der Waals surface area (Å²) in [5.74, 6) is -0.625. The van der Waals surface area contributed by atoms with E-state index in [9.17, 15) is 9.18 Å². The molecule has 1 rings (SSSR count). The zero-order valence-corrected chi connectivity index (χ0v) is 9.43. The molecule has 2 nitrogen and oxygen atoms in total. The highest BCUT2D eigenvalue weighted by Crippen LogP contribution is 2.26. The minimum Gasteiger partial charge on any atom is -0.458 e. The molecule has 0 aliphatic heterocycles. The maximum atomic E-state index is 13.3. The molecule has 0 bridgehead atoms. The molecule has 0 saturated carbocycles. The van der Waals surface area contributed by atoms with E-state index in [1.807, 2.05) is 6.92 Å². The van der Waals surface area contributed by atoms with Gasteiger partial charge in [-0.15, -0.1) is 0 Å². The Labute approximate surface area is 89.1 Å². The van der Waals surface area contributed by atoms with E-state index in [0.29, 0.717) is 5.56 Å². The molecular formula is C12H15FO2. The fourth-order valence-corrected chi connectivity index (χ4v) is 1.77. The lowest BCUT2D eigenvalue weighted by atomic mass is 9.98. The molecule has 0 heterocycles. The summed E-state index contributed by atoms with van der Waals surface area (Å²) >= 11 is 0. The van der Waals surface area contributed by atoms with Crippen LogP contribution in [-0.4, -0.2) is 5.97 Å². The van der Waals surface area contributed by atoms with Crippen molar-refractivity contribution in [2.45, 2.75) is 33.8 Å². The van der Waals surface area contributed by atoms with Crippen LogP contribution in [0.5, 0.6) is 0 Å². The average molecular weight is 210 g/mol. The number of hydrogen-bond acceptors (Lipinski definition) is 2. The molecule has 0 radical (unpaired) electrons. The number of esters is 1. The number of benzene rings is 1. The summed E-state index contributed by atoms with van der Waals surface area (Å²) in [6, 6.07) is 3.12. The van der Waals surface area contributed by atoms with Gasteiger partial charge in [-0.3, -0.25) is 4.79 Å². The second-order valence-corrected chi connectivity index (χ2v) is 3.65. The molecule has 0 N–H and O–H groups in total. The highest BCUT2D eigenvalue weighted by molar-refractivity contribution is 5.66. The van der Waals surface area contributed by atoms with Gasteiger partial charge in [0.05, 0.1) is 0 Å². The second-order valence-electron chi connectivity index (χ2n) is 3.65. The average Bonchev–Trinajstić information content (AvgIpc) is 2.11. The first-order valence-electron chi connectivity index (χ1n) is 4.86. The summed E-state index contributed by atoms with van der Waals surface area (Å²) < 4.78 is 18.4. The third-order valence-electron chi connectivity index (χ3n) is 2.42. The van der Waals surface area contributed by atoms with E-state index in [0.717, 1.165) is 11.1 Å². The van der Waals surface area contributed by atoms with Crippen LogP contribution in [0.15, 0.2) is 12.1 Å². The zero-order valence-electron chi connectivity index (χ0n) is 9.43. The first kappa shape index (κ1) is 11.7. The quantitative estimate of drug-likeness (QED) is 0.701. The molecule has 0 fully saturated rings. The van der Waals surface area contributed by atoms with E-state index >= 15 is 0 Å². The van der Waals surface area contributed by atoms with Crippen molar-refractivity contribution in [1.82, 2.24) is 0 Å². The molecule has 0 aromatic heterocycles. The molecule has 3 heteroatoms. The second kappa shape index (κ2) is 4.43. The van der Waals surface area contributed by atoms with Gasteiger partial charge in [0.1, 0.15) is 11.9 Å². The lowest BCUT2D eigenvalue weighted by Gasteiger charge is -2.17. The summed E-state index contributed by atoms with van der Waals surface area (Å²) in [7, 11) is 0. The molecule has 82 valence electrons. The van der Waals surface area contributed by atoms with E-state index in [4.69, 9.17) is 4.74 Å². The first-order chi connectivity index (χ1) is 6.93. The Hall–Kier alpha value is -1.38. The monoisotopic (exact) mass is 210 g/mol. The van der Waals surface area contributed by atoms with Crippen LogP contribution in [0.4, 0.5) is 4.39 Å². The van der Waals surface area contributed by atoms with Crippen LogP contribution in [0.1, 0.15) is 36.6 Å². The Morgan fingerprint density at radius 2 is 2.00 bits per heavy atom. The minimum atomic E-state index is -0.404. The number of ether oxygens (including phenoxy) is 1. The lowest BCUT2D eigenvalue weighted by Crippen LogP contribution is -2.09. The fraction of sp³-hybridized carbons (Fsp3) is 0.417. The third-order valence-corrected chi connectivity index (χ3v) is 2.42. The molecule has 0 saturated heterocycles. The van der Waals surface area contributed by atoms with Crippen LogP contribution < -0.4 is 0 Å². The van der Waals surface area contributed by atoms with Gasteiger partial charge >= 0.3 is 5.97 Å². The molecule has 0 aliphatic carbocycles. The third kappa shape index (κ3) is 2.55. The van der Waals surface area contributed by atoms with Crippen molar-refractivity contribution in [3.8, 4) is 0 Å². The molecule has 1 aromatic rings. The van der Waals surface area contributed by atoms with Crippen molar-refractivity contribution in [3.63, 3.8) is 0 Å². The Bertz CT molecular complexity index is 385. The fourth-order valence-electron chi connectivity index (χ4n) is 1.77. The van der Waals surface area contributed by atoms with Crippen LogP contribution in [0, 0.1) is 19.7 Å². The van der Waals surface area contributed by atoms with Gasteiger partial charge in [-0.2, -0.15) is 0 Å². The van der Waals surface area contributed by atoms with Gasteiger partial charge in [0.2, 0.25) is 0 Å².